The number of aromatic nitrogens is 2. The molecule has 4 heterocycles. The summed E-state index contributed by atoms with van der Waals surface area (Å²) in [6, 6.07) is 7.99. The molecule has 9 heteroatoms. The van der Waals surface area contributed by atoms with Gasteiger partial charge in [-0.3, -0.25) is 9.59 Å². The monoisotopic (exact) mass is 534 g/mol. The molecular formula is C29H38N6O2S. The molecular weight excluding hydrogens is 496 g/mol. The Morgan fingerprint density at radius 3 is 2.71 bits per heavy atom. The van der Waals surface area contributed by atoms with Gasteiger partial charge in [0.15, 0.2) is 0 Å². The number of nitrogen functional groups attached to an aromatic ring is 1. The first-order valence-electron chi connectivity index (χ1n) is 13.7. The third-order valence-corrected chi connectivity index (χ3v) is 9.12. The summed E-state index contributed by atoms with van der Waals surface area (Å²) in [6.07, 6.45) is 5.17. The normalized spacial score (nSPS) is 24.5. The summed E-state index contributed by atoms with van der Waals surface area (Å²) in [4.78, 5) is 39.8. The highest BCUT2D eigenvalue weighted by Gasteiger charge is 2.35. The molecule has 2 fully saturated rings. The van der Waals surface area contributed by atoms with E-state index in [1.807, 2.05) is 6.92 Å². The van der Waals surface area contributed by atoms with Crippen LogP contribution in [0.1, 0.15) is 68.1 Å². The van der Waals surface area contributed by atoms with Crippen LogP contribution in [0.4, 0.5) is 11.5 Å². The summed E-state index contributed by atoms with van der Waals surface area (Å²) in [5.41, 5.74) is 9.24. The Morgan fingerprint density at radius 1 is 1.13 bits per heavy atom. The number of nitrogens with one attached hydrogen (secondary N) is 1. The summed E-state index contributed by atoms with van der Waals surface area (Å²) < 4.78 is 1.17. The van der Waals surface area contributed by atoms with Gasteiger partial charge >= 0.3 is 11.8 Å². The van der Waals surface area contributed by atoms with Crippen molar-refractivity contribution in [1.29, 1.82) is 0 Å². The van der Waals surface area contributed by atoms with Crippen LogP contribution in [0, 0.1) is 11.8 Å². The lowest BCUT2D eigenvalue weighted by Gasteiger charge is -2.38. The highest BCUT2D eigenvalue weighted by molar-refractivity contribution is 7.18. The number of anilines is 2. The van der Waals surface area contributed by atoms with Crippen molar-refractivity contribution in [2.45, 2.75) is 58.4 Å². The standard InChI is InChI=1S/C29H38N6O2S/c1-5-19-11-22(13-31-26(19)30)32-27(36)29(37)35-15-17(2)6-8-24(35)20-7-9-25-23(12-20)33-28(38-25)21-10-18(3)14-34(4)16-21/h7,9,11-13,17-18,21,24H,5-6,8,10,14-16H2,1-4H3,(H2,30,31)(H,32,36)/t17-,18?,21-,24+/m0/s1. The molecule has 0 radical (unpaired) electrons. The predicted octanol–water partition coefficient (Wildman–Crippen LogP) is 4.83. The van der Waals surface area contributed by atoms with Gasteiger partial charge in [-0.25, -0.2) is 9.97 Å². The Kier molecular flexibility index (Phi) is 7.68. The van der Waals surface area contributed by atoms with Gasteiger partial charge in [0, 0.05) is 25.6 Å². The number of hydrogen-bond acceptors (Lipinski definition) is 7. The van der Waals surface area contributed by atoms with E-state index in [0.29, 0.717) is 42.2 Å². The molecule has 8 nitrogen and oxygen atoms in total. The molecule has 2 aromatic heterocycles. The number of fused-ring (bicyclic) bond motifs is 1. The number of thiazole rings is 1. The van der Waals surface area contributed by atoms with Crippen molar-refractivity contribution < 1.29 is 9.59 Å². The Balaban J connectivity index is 1.37. The summed E-state index contributed by atoms with van der Waals surface area (Å²) in [6.45, 7) is 9.13. The first kappa shape index (κ1) is 26.6. The number of rotatable bonds is 4. The van der Waals surface area contributed by atoms with E-state index < -0.39 is 11.8 Å². The number of likely N-dealkylation sites (N-methyl/N-ethyl adjacent to an activating group) is 1. The number of hydrogen-bond donors (Lipinski definition) is 2. The van der Waals surface area contributed by atoms with E-state index >= 15 is 0 Å². The summed E-state index contributed by atoms with van der Waals surface area (Å²) >= 11 is 1.78. The van der Waals surface area contributed by atoms with Crippen LogP contribution >= 0.6 is 11.3 Å². The van der Waals surface area contributed by atoms with Crippen molar-refractivity contribution in [3.05, 3.63) is 46.6 Å². The molecule has 0 spiro atoms. The fraction of sp³-hybridized carbons (Fsp3) is 0.517. The van der Waals surface area contributed by atoms with Crippen molar-refractivity contribution in [2.24, 2.45) is 11.8 Å². The maximum atomic E-state index is 13.4. The number of nitrogens with two attached hydrogens (primary N) is 1. The van der Waals surface area contributed by atoms with Gasteiger partial charge in [0.2, 0.25) is 0 Å². The molecule has 2 amide bonds. The molecule has 2 aliphatic heterocycles. The Bertz CT molecular complexity index is 1330. The minimum absolute atomic E-state index is 0.157. The van der Waals surface area contributed by atoms with Crippen molar-refractivity contribution in [3.8, 4) is 0 Å². The molecule has 3 aromatic rings. The summed E-state index contributed by atoms with van der Waals surface area (Å²) in [7, 11) is 2.19. The maximum Gasteiger partial charge on any atom is 0.313 e. The van der Waals surface area contributed by atoms with Gasteiger partial charge in [0.05, 0.1) is 33.2 Å². The molecule has 38 heavy (non-hydrogen) atoms. The zero-order valence-electron chi connectivity index (χ0n) is 22.7. The predicted molar refractivity (Wildman–Crippen MR) is 153 cm³/mol. The fourth-order valence-corrected chi connectivity index (χ4v) is 7.10. The van der Waals surface area contributed by atoms with E-state index in [1.165, 1.54) is 15.9 Å². The van der Waals surface area contributed by atoms with Crippen molar-refractivity contribution in [1.82, 2.24) is 19.8 Å². The second-order valence-corrected chi connectivity index (χ2v) is 12.3. The van der Waals surface area contributed by atoms with Crippen molar-refractivity contribution >= 4 is 44.9 Å². The zero-order valence-corrected chi connectivity index (χ0v) is 23.6. The minimum atomic E-state index is -0.648. The van der Waals surface area contributed by atoms with Crippen LogP contribution in [0.25, 0.3) is 10.2 Å². The van der Waals surface area contributed by atoms with Gasteiger partial charge in [-0.1, -0.05) is 26.8 Å². The SMILES string of the molecule is CCc1cc(NC(=O)C(=O)N2C[C@@H](C)CC[C@@H]2c2ccc3sc([C@H]4CC(C)CN(C)C4)nc3c2)cnc1N. The lowest BCUT2D eigenvalue weighted by Crippen LogP contribution is -2.46. The minimum Gasteiger partial charge on any atom is -0.383 e. The second-order valence-electron chi connectivity index (χ2n) is 11.3. The van der Waals surface area contributed by atoms with Gasteiger partial charge in [0.1, 0.15) is 5.82 Å². The fourth-order valence-electron chi connectivity index (χ4n) is 6.05. The first-order chi connectivity index (χ1) is 18.2. The zero-order chi connectivity index (χ0) is 27.0. The van der Waals surface area contributed by atoms with Gasteiger partial charge in [-0.05, 0) is 73.9 Å². The molecule has 2 aliphatic rings. The number of pyridine rings is 1. The first-order valence-corrected chi connectivity index (χ1v) is 14.5. The average molecular weight is 535 g/mol. The van der Waals surface area contributed by atoms with Crippen LogP contribution in [-0.4, -0.2) is 58.3 Å². The highest BCUT2D eigenvalue weighted by atomic mass is 32.1. The van der Waals surface area contributed by atoms with Gasteiger partial charge in [-0.2, -0.15) is 0 Å². The lowest BCUT2D eigenvalue weighted by atomic mass is 9.89. The van der Waals surface area contributed by atoms with Crippen molar-refractivity contribution in [2.75, 3.05) is 37.7 Å². The largest absolute Gasteiger partial charge is 0.383 e. The number of carbonyl (C=O) groups excluding carboxylic acids is 2. The molecule has 4 atom stereocenters. The third-order valence-electron chi connectivity index (χ3n) is 7.92. The Morgan fingerprint density at radius 2 is 1.95 bits per heavy atom. The van der Waals surface area contributed by atoms with Crippen LogP contribution in [0.3, 0.4) is 0 Å². The van der Waals surface area contributed by atoms with Crippen molar-refractivity contribution in [3.63, 3.8) is 0 Å². The summed E-state index contributed by atoms with van der Waals surface area (Å²) in [5, 5.41) is 3.94. The van der Waals surface area contributed by atoms with E-state index in [0.717, 1.165) is 49.0 Å². The van der Waals surface area contributed by atoms with Gasteiger partial charge in [-0.15, -0.1) is 11.3 Å². The van der Waals surface area contributed by atoms with E-state index in [9.17, 15) is 9.59 Å². The quantitative estimate of drug-likeness (QED) is 0.465. The van der Waals surface area contributed by atoms with Crippen LogP contribution in [0.5, 0.6) is 0 Å². The van der Waals surface area contributed by atoms with E-state index in [-0.39, 0.29) is 6.04 Å². The molecule has 1 aromatic carbocycles. The molecule has 3 N–H and O–H groups in total. The lowest BCUT2D eigenvalue weighted by molar-refractivity contribution is -0.146. The third kappa shape index (κ3) is 5.54. The number of amides is 2. The number of carbonyl (C=O) groups is 2. The number of nitrogens with zero attached hydrogens (tertiary/aromatic N) is 4. The number of aryl methyl sites for hydroxylation is 1. The van der Waals surface area contributed by atoms with E-state index in [1.54, 1.807) is 22.3 Å². The number of benzene rings is 1. The van der Waals surface area contributed by atoms with Crippen LogP contribution in [-0.2, 0) is 16.0 Å². The van der Waals surface area contributed by atoms with Crippen LogP contribution < -0.4 is 11.1 Å². The van der Waals surface area contributed by atoms with E-state index in [4.69, 9.17) is 10.7 Å². The van der Waals surface area contributed by atoms with Crippen LogP contribution in [0.2, 0.25) is 0 Å². The topological polar surface area (TPSA) is 104 Å². The molecule has 0 bridgehead atoms. The molecule has 202 valence electrons. The van der Waals surface area contributed by atoms with Crippen LogP contribution in [0.15, 0.2) is 30.5 Å². The molecule has 5 rings (SSSR count). The molecule has 2 saturated heterocycles. The molecule has 0 saturated carbocycles. The van der Waals surface area contributed by atoms with Gasteiger partial charge in [0.25, 0.3) is 0 Å². The highest BCUT2D eigenvalue weighted by Crippen LogP contribution is 2.38. The molecule has 0 aliphatic carbocycles. The average Bonchev–Trinajstić information content (AvgIpc) is 3.32. The summed E-state index contributed by atoms with van der Waals surface area (Å²) in [5.74, 6) is 0.715. The maximum absolute atomic E-state index is 13.4. The number of likely N-dealkylation sites (tertiary alicyclic amines) is 2. The Labute approximate surface area is 228 Å². The smallest absolute Gasteiger partial charge is 0.313 e. The second kappa shape index (κ2) is 11.0. The number of piperidine rings is 2. The van der Waals surface area contributed by atoms with E-state index in [2.05, 4.69) is 54.3 Å². The molecule has 1 unspecified atom stereocenters. The Hall–Kier alpha value is -3.04. The van der Waals surface area contributed by atoms with Gasteiger partial charge < -0.3 is 20.9 Å².